The third kappa shape index (κ3) is 6.19. The van der Waals surface area contributed by atoms with Gasteiger partial charge in [0.1, 0.15) is 5.76 Å². The van der Waals surface area contributed by atoms with Crippen LogP contribution in [-0.4, -0.2) is 56.7 Å². The minimum Gasteiger partial charge on any atom is -0.454 e. The molecule has 1 fully saturated rings. The van der Waals surface area contributed by atoms with E-state index in [1.807, 2.05) is 0 Å². The van der Waals surface area contributed by atoms with Gasteiger partial charge in [0.2, 0.25) is 0 Å². The van der Waals surface area contributed by atoms with Gasteiger partial charge in [0.25, 0.3) is 5.91 Å². The minimum absolute atomic E-state index is 0. The number of carbonyl (C=O) groups is 1. The van der Waals surface area contributed by atoms with Crippen molar-refractivity contribution >= 4 is 47.2 Å². The van der Waals surface area contributed by atoms with Crippen LogP contribution in [0.4, 0.5) is 0 Å². The fourth-order valence-electron chi connectivity index (χ4n) is 2.97. The number of nitrogens with two attached hydrogens (primary N) is 1. The second-order valence-corrected chi connectivity index (χ2v) is 7.10. The second kappa shape index (κ2) is 11.4. The largest absolute Gasteiger partial charge is 0.454 e. The first-order valence-electron chi connectivity index (χ1n) is 8.85. The van der Waals surface area contributed by atoms with E-state index in [4.69, 9.17) is 14.9 Å². The molecule has 3 heterocycles. The van der Waals surface area contributed by atoms with Crippen LogP contribution in [0.1, 0.15) is 27.2 Å². The van der Waals surface area contributed by atoms with Gasteiger partial charge in [0, 0.05) is 31.6 Å². The van der Waals surface area contributed by atoms with Gasteiger partial charge in [0.05, 0.1) is 25.8 Å². The molecular formula is C18H26IN5O3S. The van der Waals surface area contributed by atoms with Crippen LogP contribution in [0.25, 0.3) is 0 Å². The van der Waals surface area contributed by atoms with Crippen molar-refractivity contribution in [2.75, 3.05) is 39.9 Å². The molecular weight excluding hydrogens is 493 g/mol. The zero-order valence-corrected chi connectivity index (χ0v) is 18.9. The van der Waals surface area contributed by atoms with Crippen LogP contribution >= 0.6 is 35.3 Å². The number of guanidine groups is 1. The fourth-order valence-corrected chi connectivity index (χ4v) is 3.83. The Bertz CT molecular complexity index is 759. The van der Waals surface area contributed by atoms with E-state index >= 15 is 0 Å². The monoisotopic (exact) mass is 519 g/mol. The molecule has 1 aliphatic rings. The Morgan fingerprint density at radius 1 is 1.32 bits per heavy atom. The molecule has 3 rings (SSSR count). The summed E-state index contributed by atoms with van der Waals surface area (Å²) in [6.07, 6.45) is 0. The Morgan fingerprint density at radius 3 is 2.71 bits per heavy atom. The highest BCUT2D eigenvalue weighted by molar-refractivity contribution is 14.0. The van der Waals surface area contributed by atoms with Gasteiger partial charge in [-0.2, -0.15) is 0 Å². The number of ether oxygens (including phenoxy) is 1. The Hall–Kier alpha value is -1.63. The molecule has 0 radical (unpaired) electrons. The van der Waals surface area contributed by atoms with Gasteiger partial charge in [-0.15, -0.1) is 35.3 Å². The summed E-state index contributed by atoms with van der Waals surface area (Å²) in [6.45, 7) is 4.49. The first-order chi connectivity index (χ1) is 13.2. The summed E-state index contributed by atoms with van der Waals surface area (Å²) in [5.41, 5.74) is 5.21. The molecule has 154 valence electrons. The number of hydrogen-bond donors (Lipinski definition) is 3. The van der Waals surface area contributed by atoms with Gasteiger partial charge in [-0.1, -0.05) is 6.07 Å². The van der Waals surface area contributed by atoms with Crippen molar-refractivity contribution in [3.63, 3.8) is 0 Å². The summed E-state index contributed by atoms with van der Waals surface area (Å²) < 4.78 is 10.9. The van der Waals surface area contributed by atoms with Crippen molar-refractivity contribution in [3.8, 4) is 0 Å². The van der Waals surface area contributed by atoms with Crippen LogP contribution in [0.15, 0.2) is 39.1 Å². The van der Waals surface area contributed by atoms with Crippen molar-refractivity contribution in [2.45, 2.75) is 12.6 Å². The number of halogens is 1. The maximum atomic E-state index is 11.1. The molecule has 2 aromatic rings. The molecule has 1 unspecified atom stereocenters. The lowest BCUT2D eigenvalue weighted by molar-refractivity contribution is 0.0177. The normalized spacial score (nSPS) is 16.2. The average molecular weight is 519 g/mol. The number of nitrogens with zero attached hydrogens (tertiary/aromatic N) is 2. The van der Waals surface area contributed by atoms with E-state index in [2.05, 4.69) is 38.0 Å². The van der Waals surface area contributed by atoms with Crippen molar-refractivity contribution in [2.24, 2.45) is 10.7 Å². The first kappa shape index (κ1) is 22.7. The molecule has 10 heteroatoms. The standard InChI is InChI=1S/C18H25N5O3S.HI/c1-20-18(21-11-13-4-5-15(26-13)17(19)24)22-12-14(16-3-2-10-27-16)23-6-8-25-9-7-23;/h2-5,10,14H,6-9,11-12H2,1H3,(H2,19,24)(H2,20,21,22);1H. The molecule has 8 nitrogen and oxygen atoms in total. The number of carbonyl (C=O) groups excluding carboxylic acids is 1. The number of amides is 1. The van der Waals surface area contributed by atoms with E-state index in [1.54, 1.807) is 30.5 Å². The molecule has 0 spiro atoms. The Labute approximate surface area is 185 Å². The quantitative estimate of drug-likeness (QED) is 0.293. The van der Waals surface area contributed by atoms with Gasteiger partial charge in [-0.05, 0) is 23.6 Å². The lowest BCUT2D eigenvalue weighted by Gasteiger charge is -2.34. The molecule has 0 aliphatic carbocycles. The van der Waals surface area contributed by atoms with Gasteiger partial charge < -0.3 is 25.5 Å². The summed E-state index contributed by atoms with van der Waals surface area (Å²) in [5.74, 6) is 0.865. The summed E-state index contributed by atoms with van der Waals surface area (Å²) in [5, 5.41) is 8.68. The van der Waals surface area contributed by atoms with Crippen LogP contribution in [0.3, 0.4) is 0 Å². The number of morpholine rings is 1. The van der Waals surface area contributed by atoms with Gasteiger partial charge in [-0.3, -0.25) is 14.7 Å². The zero-order valence-electron chi connectivity index (χ0n) is 15.7. The average Bonchev–Trinajstić information content (AvgIpc) is 3.37. The molecule has 1 saturated heterocycles. The van der Waals surface area contributed by atoms with Crippen LogP contribution in [0, 0.1) is 0 Å². The molecule has 1 atom stereocenters. The van der Waals surface area contributed by atoms with E-state index < -0.39 is 5.91 Å². The van der Waals surface area contributed by atoms with Crippen LogP contribution in [-0.2, 0) is 11.3 Å². The van der Waals surface area contributed by atoms with Crippen molar-refractivity contribution in [1.82, 2.24) is 15.5 Å². The maximum absolute atomic E-state index is 11.1. The first-order valence-corrected chi connectivity index (χ1v) is 9.73. The highest BCUT2D eigenvalue weighted by Crippen LogP contribution is 2.25. The number of nitrogens with one attached hydrogen (secondary N) is 2. The predicted octanol–water partition coefficient (Wildman–Crippen LogP) is 1.80. The van der Waals surface area contributed by atoms with Crippen molar-refractivity contribution in [1.29, 1.82) is 0 Å². The van der Waals surface area contributed by atoms with E-state index in [0.29, 0.717) is 18.3 Å². The SMILES string of the molecule is CN=C(NCc1ccc(C(N)=O)o1)NCC(c1cccs1)N1CCOCC1.I. The van der Waals surface area contributed by atoms with Crippen LogP contribution in [0.5, 0.6) is 0 Å². The highest BCUT2D eigenvalue weighted by Gasteiger charge is 2.23. The number of rotatable bonds is 7. The summed E-state index contributed by atoms with van der Waals surface area (Å²) in [4.78, 5) is 19.1. The number of hydrogen-bond acceptors (Lipinski definition) is 6. The lowest BCUT2D eigenvalue weighted by atomic mass is 10.2. The Morgan fingerprint density at radius 2 is 2.11 bits per heavy atom. The molecule has 4 N–H and O–H groups in total. The van der Waals surface area contributed by atoms with E-state index in [0.717, 1.165) is 32.8 Å². The molecule has 1 aliphatic heterocycles. The Balaban J connectivity index is 0.00000280. The summed E-state index contributed by atoms with van der Waals surface area (Å²) >= 11 is 1.76. The third-order valence-electron chi connectivity index (χ3n) is 4.38. The van der Waals surface area contributed by atoms with E-state index in [-0.39, 0.29) is 35.8 Å². The molecule has 2 aromatic heterocycles. The van der Waals surface area contributed by atoms with Crippen molar-refractivity contribution in [3.05, 3.63) is 46.0 Å². The third-order valence-corrected chi connectivity index (χ3v) is 5.35. The molecule has 28 heavy (non-hydrogen) atoms. The maximum Gasteiger partial charge on any atom is 0.284 e. The molecule has 1 amide bonds. The number of furan rings is 1. The van der Waals surface area contributed by atoms with Crippen LogP contribution < -0.4 is 16.4 Å². The van der Waals surface area contributed by atoms with E-state index in [1.165, 1.54) is 4.88 Å². The number of aliphatic imine (C=N–C) groups is 1. The van der Waals surface area contributed by atoms with Crippen molar-refractivity contribution < 1.29 is 13.9 Å². The topological polar surface area (TPSA) is 105 Å². The van der Waals surface area contributed by atoms with Gasteiger partial charge in [-0.25, -0.2) is 0 Å². The van der Waals surface area contributed by atoms with Gasteiger partial charge >= 0.3 is 0 Å². The predicted molar refractivity (Wildman–Crippen MR) is 120 cm³/mol. The highest BCUT2D eigenvalue weighted by atomic mass is 127. The second-order valence-electron chi connectivity index (χ2n) is 6.12. The molecule has 0 aromatic carbocycles. The number of thiophene rings is 1. The minimum atomic E-state index is -0.576. The smallest absolute Gasteiger partial charge is 0.284 e. The summed E-state index contributed by atoms with van der Waals surface area (Å²) in [6, 6.07) is 7.80. The molecule has 0 bridgehead atoms. The Kier molecular flexibility index (Phi) is 9.22. The molecule has 0 saturated carbocycles. The van der Waals surface area contributed by atoms with E-state index in [9.17, 15) is 4.79 Å². The van der Waals surface area contributed by atoms with Crippen LogP contribution in [0.2, 0.25) is 0 Å². The lowest BCUT2D eigenvalue weighted by Crippen LogP contribution is -2.46. The zero-order chi connectivity index (χ0) is 19.1. The fraction of sp³-hybridized carbons (Fsp3) is 0.444. The summed E-state index contributed by atoms with van der Waals surface area (Å²) in [7, 11) is 1.72. The number of primary amides is 1. The van der Waals surface area contributed by atoms with Gasteiger partial charge in [0.15, 0.2) is 11.7 Å².